The second-order valence-electron chi connectivity index (χ2n) is 5.52. The van der Waals surface area contributed by atoms with Crippen LogP contribution in [0.15, 0.2) is 22.5 Å². The van der Waals surface area contributed by atoms with Crippen molar-refractivity contribution in [2.75, 3.05) is 18.1 Å². The highest BCUT2D eigenvalue weighted by molar-refractivity contribution is 8.00. The molecule has 0 unspecified atom stereocenters. The maximum Gasteiger partial charge on any atom is 0.238 e. The lowest BCUT2D eigenvalue weighted by molar-refractivity contribution is -0.115. The summed E-state index contributed by atoms with van der Waals surface area (Å²) in [6.07, 6.45) is 2.01. The first-order valence-corrected chi connectivity index (χ1v) is 8.41. The van der Waals surface area contributed by atoms with Crippen molar-refractivity contribution in [1.29, 1.82) is 0 Å². The van der Waals surface area contributed by atoms with Gasteiger partial charge in [-0.3, -0.25) is 4.79 Å². The topological polar surface area (TPSA) is 54.0 Å². The number of nitrogens with zero attached hydrogens (tertiary/aromatic N) is 1. The number of anilines is 1. The Morgan fingerprint density at radius 3 is 2.80 bits per heavy atom. The van der Waals surface area contributed by atoms with Crippen molar-refractivity contribution < 1.29 is 4.79 Å². The molecule has 1 heterocycles. The number of hydrogen-bond donors (Lipinski definition) is 2. The highest BCUT2D eigenvalue weighted by Gasteiger charge is 2.12. The van der Waals surface area contributed by atoms with Crippen LogP contribution in [0.5, 0.6) is 0 Å². The quantitative estimate of drug-likeness (QED) is 0.851. The van der Waals surface area contributed by atoms with Crippen LogP contribution >= 0.6 is 23.1 Å². The Bertz CT molecular complexity index is 616. The lowest BCUT2D eigenvalue weighted by atomic mass is 10.1. The van der Waals surface area contributed by atoms with Gasteiger partial charge in [0.25, 0.3) is 0 Å². The molecule has 1 aromatic heterocycles. The maximum atomic E-state index is 11.9. The summed E-state index contributed by atoms with van der Waals surface area (Å²) >= 11 is 3.28. The van der Waals surface area contributed by atoms with E-state index in [-0.39, 0.29) is 11.4 Å². The van der Waals surface area contributed by atoms with Crippen molar-refractivity contribution in [2.45, 2.75) is 30.6 Å². The molecule has 0 aliphatic carbocycles. The number of carbonyl (C=O) groups excluding carboxylic acids is 1. The first-order valence-electron chi connectivity index (χ1n) is 6.37. The van der Waals surface area contributed by atoms with Gasteiger partial charge in [-0.1, -0.05) is 11.8 Å². The van der Waals surface area contributed by atoms with Crippen LogP contribution in [0.2, 0.25) is 0 Å². The van der Waals surface area contributed by atoms with Crippen LogP contribution in [0.1, 0.15) is 20.8 Å². The van der Waals surface area contributed by atoms with Crippen molar-refractivity contribution in [3.63, 3.8) is 0 Å². The van der Waals surface area contributed by atoms with Crippen molar-refractivity contribution >= 4 is 44.9 Å². The minimum atomic E-state index is -0.0633. The SMILES string of the molecule is CSc1nc2ccc(NC(=O)CNC(C)(C)C)cc2s1. The molecule has 6 heteroatoms. The molecule has 20 heavy (non-hydrogen) atoms. The van der Waals surface area contributed by atoms with E-state index in [2.05, 4.69) is 15.6 Å². The van der Waals surface area contributed by atoms with Crippen LogP contribution in [0.3, 0.4) is 0 Å². The summed E-state index contributed by atoms with van der Waals surface area (Å²) in [5, 5.41) is 6.07. The number of carbonyl (C=O) groups is 1. The molecule has 2 aromatic rings. The highest BCUT2D eigenvalue weighted by Crippen LogP contribution is 2.29. The number of thioether (sulfide) groups is 1. The van der Waals surface area contributed by atoms with Gasteiger partial charge >= 0.3 is 0 Å². The van der Waals surface area contributed by atoms with Gasteiger partial charge in [-0.15, -0.1) is 11.3 Å². The second-order valence-corrected chi connectivity index (χ2v) is 7.60. The maximum absolute atomic E-state index is 11.9. The fourth-order valence-electron chi connectivity index (χ4n) is 1.62. The summed E-state index contributed by atoms with van der Waals surface area (Å²) in [5.74, 6) is -0.0334. The first kappa shape index (κ1) is 15.3. The van der Waals surface area contributed by atoms with Gasteiger partial charge in [0.05, 0.1) is 16.8 Å². The van der Waals surface area contributed by atoms with Crippen molar-refractivity contribution in [3.05, 3.63) is 18.2 Å². The minimum Gasteiger partial charge on any atom is -0.325 e. The predicted molar refractivity (Wildman–Crippen MR) is 87.8 cm³/mol. The average Bonchev–Trinajstić information content (AvgIpc) is 2.78. The Kier molecular flexibility index (Phi) is 4.67. The predicted octanol–water partition coefficient (Wildman–Crippen LogP) is 3.34. The van der Waals surface area contributed by atoms with Gasteiger partial charge in [0.15, 0.2) is 4.34 Å². The molecule has 0 saturated carbocycles. The van der Waals surface area contributed by atoms with E-state index >= 15 is 0 Å². The molecule has 0 atom stereocenters. The fourth-order valence-corrected chi connectivity index (χ4v) is 3.15. The summed E-state index contributed by atoms with van der Waals surface area (Å²) in [6, 6.07) is 5.81. The molecule has 2 N–H and O–H groups in total. The zero-order valence-electron chi connectivity index (χ0n) is 12.1. The van der Waals surface area contributed by atoms with E-state index in [0.717, 1.165) is 20.2 Å². The zero-order valence-corrected chi connectivity index (χ0v) is 13.7. The van der Waals surface area contributed by atoms with Gasteiger partial charge in [0.1, 0.15) is 0 Å². The number of rotatable bonds is 4. The largest absolute Gasteiger partial charge is 0.325 e. The van der Waals surface area contributed by atoms with E-state index in [9.17, 15) is 4.79 Å². The zero-order chi connectivity index (χ0) is 14.8. The highest BCUT2D eigenvalue weighted by atomic mass is 32.2. The summed E-state index contributed by atoms with van der Waals surface area (Å²) in [6.45, 7) is 6.41. The van der Waals surface area contributed by atoms with Crippen LogP contribution in [-0.2, 0) is 4.79 Å². The number of benzene rings is 1. The van der Waals surface area contributed by atoms with Crippen LogP contribution in [0.4, 0.5) is 5.69 Å². The Labute approximate surface area is 127 Å². The van der Waals surface area contributed by atoms with Gasteiger partial charge in [0.2, 0.25) is 5.91 Å². The lowest BCUT2D eigenvalue weighted by Crippen LogP contribution is -2.41. The van der Waals surface area contributed by atoms with Crippen molar-refractivity contribution in [3.8, 4) is 0 Å². The molecule has 0 radical (unpaired) electrons. The minimum absolute atomic E-state index is 0.0334. The monoisotopic (exact) mass is 309 g/mol. The summed E-state index contributed by atoms with van der Waals surface area (Å²) < 4.78 is 2.13. The van der Waals surface area contributed by atoms with Crippen LogP contribution < -0.4 is 10.6 Å². The fraction of sp³-hybridized carbons (Fsp3) is 0.429. The molecule has 4 nitrogen and oxygen atoms in total. The Hall–Kier alpha value is -1.11. The number of hydrogen-bond acceptors (Lipinski definition) is 5. The summed E-state index contributed by atoms with van der Waals surface area (Å²) in [5.41, 5.74) is 1.73. The van der Waals surface area contributed by atoms with Gasteiger partial charge in [-0.25, -0.2) is 4.98 Å². The Balaban J connectivity index is 2.04. The average molecular weight is 309 g/mol. The van der Waals surface area contributed by atoms with Crippen LogP contribution in [0, 0.1) is 0 Å². The third-order valence-electron chi connectivity index (χ3n) is 2.61. The van der Waals surface area contributed by atoms with E-state index in [1.54, 1.807) is 23.1 Å². The molecule has 0 aliphatic rings. The van der Waals surface area contributed by atoms with E-state index in [4.69, 9.17) is 0 Å². The third kappa shape index (κ3) is 4.19. The molecule has 1 aromatic carbocycles. The van der Waals surface area contributed by atoms with E-state index in [0.29, 0.717) is 6.54 Å². The van der Waals surface area contributed by atoms with Crippen LogP contribution in [-0.4, -0.2) is 29.2 Å². The normalized spacial score (nSPS) is 11.8. The number of thiazole rings is 1. The molecular weight excluding hydrogens is 290 g/mol. The van der Waals surface area contributed by atoms with Gasteiger partial charge < -0.3 is 10.6 Å². The Morgan fingerprint density at radius 1 is 1.40 bits per heavy atom. The third-order valence-corrected chi connectivity index (χ3v) is 4.61. The molecule has 0 fully saturated rings. The molecule has 2 rings (SSSR count). The van der Waals surface area contributed by atoms with Crippen molar-refractivity contribution in [2.24, 2.45) is 0 Å². The molecule has 0 aliphatic heterocycles. The van der Waals surface area contributed by atoms with Crippen molar-refractivity contribution in [1.82, 2.24) is 10.3 Å². The second kappa shape index (κ2) is 6.11. The lowest BCUT2D eigenvalue weighted by Gasteiger charge is -2.20. The molecule has 108 valence electrons. The van der Waals surface area contributed by atoms with Gasteiger partial charge in [-0.2, -0.15) is 0 Å². The summed E-state index contributed by atoms with van der Waals surface area (Å²) in [4.78, 5) is 16.3. The van der Waals surface area contributed by atoms with E-state index < -0.39 is 0 Å². The van der Waals surface area contributed by atoms with E-state index in [1.807, 2.05) is 45.2 Å². The smallest absolute Gasteiger partial charge is 0.238 e. The number of fused-ring (bicyclic) bond motifs is 1. The first-order chi connectivity index (χ1) is 9.37. The molecule has 0 spiro atoms. The van der Waals surface area contributed by atoms with Gasteiger partial charge in [-0.05, 0) is 45.2 Å². The molecular formula is C14H19N3OS2. The molecule has 0 bridgehead atoms. The molecule has 1 amide bonds. The molecule has 0 saturated heterocycles. The number of nitrogens with one attached hydrogen (secondary N) is 2. The van der Waals surface area contributed by atoms with Crippen LogP contribution in [0.25, 0.3) is 10.2 Å². The van der Waals surface area contributed by atoms with E-state index in [1.165, 1.54) is 0 Å². The number of amides is 1. The Morgan fingerprint density at radius 2 is 2.15 bits per heavy atom. The summed E-state index contributed by atoms with van der Waals surface area (Å²) in [7, 11) is 0. The van der Waals surface area contributed by atoms with Gasteiger partial charge in [0, 0.05) is 11.2 Å². The standard InChI is InChI=1S/C14H19N3OS2/c1-14(2,3)15-8-12(18)16-9-5-6-10-11(7-9)20-13(17-10)19-4/h5-7,15H,8H2,1-4H3,(H,16,18). The number of aromatic nitrogens is 1.